The molecule has 0 fully saturated rings. The van der Waals surface area contributed by atoms with Gasteiger partial charge in [-0.25, -0.2) is 8.42 Å². The van der Waals surface area contributed by atoms with Gasteiger partial charge in [-0.3, -0.25) is 14.4 Å². The van der Waals surface area contributed by atoms with Gasteiger partial charge < -0.3 is 31.1 Å². The normalized spacial score (nSPS) is 17.4. The minimum Gasteiger partial charge on any atom is -0.488 e. The Labute approximate surface area is 286 Å². The second-order valence-electron chi connectivity index (χ2n) is 12.2. The third kappa shape index (κ3) is 9.78. The number of nitrogen functional groups attached to an aromatic ring is 1. The van der Waals surface area contributed by atoms with E-state index in [9.17, 15) is 27.9 Å². The summed E-state index contributed by atoms with van der Waals surface area (Å²) in [6, 6.07) is 14.9. The molecule has 0 unspecified atom stereocenters. The van der Waals surface area contributed by atoms with Crippen LogP contribution in [0.1, 0.15) is 51.5 Å². The van der Waals surface area contributed by atoms with Gasteiger partial charge in [0.1, 0.15) is 16.1 Å². The molecule has 260 valence electrons. The smallest absolute Gasteiger partial charge is 0.252 e. The average molecular weight is 700 g/mol. The van der Waals surface area contributed by atoms with E-state index in [0.717, 1.165) is 11.3 Å². The molecule has 0 bridgehead atoms. The molecule has 0 saturated heterocycles. The highest BCUT2D eigenvalue weighted by molar-refractivity contribution is 7.91. The number of hydrogen-bond acceptors (Lipinski definition) is 9. The number of carbonyl (C=O) groups excluding carboxylic acids is 3. The molecule has 3 atom stereocenters. The van der Waals surface area contributed by atoms with Crippen molar-refractivity contribution in [1.29, 1.82) is 0 Å². The van der Waals surface area contributed by atoms with Crippen molar-refractivity contribution in [2.75, 3.05) is 43.1 Å². The highest BCUT2D eigenvalue weighted by atomic mass is 32.2. The Morgan fingerprint density at radius 1 is 1.08 bits per heavy atom. The zero-order valence-corrected chi connectivity index (χ0v) is 29.2. The molecule has 1 aliphatic heterocycles. The van der Waals surface area contributed by atoms with E-state index in [1.165, 1.54) is 11.4 Å². The third-order valence-corrected chi connectivity index (χ3v) is 11.5. The molecular formula is C34H45N5O7S2. The van der Waals surface area contributed by atoms with Crippen LogP contribution in [0.3, 0.4) is 0 Å². The standard InChI is InChI=1S/C34H45N5O7S2/c1-23-20-39(24(2)22-40)33(43)19-25-18-26(15-16-29(25)46-30(23)21-38(3)48(44,45)34-14-9-17-47-34)36-31(41)12-5-4-6-13-32(42)37-28-11-8-7-10-27(28)35/h7-11,14-18,23-24,30,40H,4-6,12-13,19-22,35H2,1-3H3,(H,36,41)(H,37,42)/t23-,24+,30-/m0/s1. The molecule has 2 aromatic carbocycles. The summed E-state index contributed by atoms with van der Waals surface area (Å²) in [4.78, 5) is 40.1. The number of para-hydroxylation sites is 2. The number of hydrogen-bond donors (Lipinski definition) is 4. The van der Waals surface area contributed by atoms with Crippen molar-refractivity contribution in [3.05, 3.63) is 65.5 Å². The lowest BCUT2D eigenvalue weighted by Gasteiger charge is -2.33. The quantitative estimate of drug-likeness (QED) is 0.142. The van der Waals surface area contributed by atoms with Gasteiger partial charge in [0.2, 0.25) is 17.7 Å². The minimum atomic E-state index is -3.74. The molecule has 0 saturated carbocycles. The average Bonchev–Trinajstić information content (AvgIpc) is 3.61. The van der Waals surface area contributed by atoms with E-state index in [0.29, 0.717) is 54.1 Å². The van der Waals surface area contributed by atoms with Crippen LogP contribution in [0.4, 0.5) is 17.1 Å². The minimum absolute atomic E-state index is 0.0249. The van der Waals surface area contributed by atoms with Crippen molar-refractivity contribution in [3.8, 4) is 5.75 Å². The number of nitrogens with zero attached hydrogens (tertiary/aromatic N) is 2. The van der Waals surface area contributed by atoms with Crippen LogP contribution in [0.15, 0.2) is 64.2 Å². The maximum Gasteiger partial charge on any atom is 0.252 e. The Bertz CT molecular complexity index is 1670. The van der Waals surface area contributed by atoms with E-state index < -0.39 is 22.2 Å². The lowest BCUT2D eigenvalue weighted by atomic mass is 10.0. The number of benzene rings is 2. The predicted octanol–water partition coefficient (Wildman–Crippen LogP) is 4.33. The number of ether oxygens (including phenoxy) is 1. The number of likely N-dealkylation sites (N-methyl/N-ethyl adjacent to an activating group) is 1. The van der Waals surface area contributed by atoms with Crippen LogP contribution < -0.4 is 21.1 Å². The molecule has 5 N–H and O–H groups in total. The van der Waals surface area contributed by atoms with Crippen molar-refractivity contribution >= 4 is 56.1 Å². The Balaban J connectivity index is 1.39. The van der Waals surface area contributed by atoms with E-state index in [4.69, 9.17) is 10.5 Å². The lowest BCUT2D eigenvalue weighted by molar-refractivity contribution is -0.134. The first-order valence-corrected chi connectivity index (χ1v) is 18.3. The van der Waals surface area contributed by atoms with E-state index in [-0.39, 0.29) is 60.4 Å². The molecule has 3 amide bonds. The Hall–Kier alpha value is -3.98. The number of carbonyl (C=O) groups is 3. The fourth-order valence-electron chi connectivity index (χ4n) is 5.44. The number of nitrogens with one attached hydrogen (secondary N) is 2. The van der Waals surface area contributed by atoms with Crippen molar-refractivity contribution in [2.45, 2.75) is 68.7 Å². The Morgan fingerprint density at radius 2 is 1.79 bits per heavy atom. The number of thiophene rings is 1. The SMILES string of the molecule is C[C@H](CO)N1C[C@H](C)[C@H](CN(C)S(=O)(=O)c2cccs2)Oc2ccc(NC(=O)CCCCCC(=O)Nc3ccccc3N)cc2CC1=O. The first kappa shape index (κ1) is 36.8. The molecule has 0 radical (unpaired) electrons. The van der Waals surface area contributed by atoms with Gasteiger partial charge in [0.15, 0.2) is 0 Å². The summed E-state index contributed by atoms with van der Waals surface area (Å²) < 4.78 is 34.3. The number of fused-ring (bicyclic) bond motifs is 1. The zero-order chi connectivity index (χ0) is 34.8. The number of unbranched alkanes of at least 4 members (excludes halogenated alkanes) is 2. The van der Waals surface area contributed by atoms with Gasteiger partial charge >= 0.3 is 0 Å². The molecular weight excluding hydrogens is 655 g/mol. The third-order valence-electron chi connectivity index (χ3n) is 8.34. The van der Waals surface area contributed by atoms with Crippen LogP contribution in [-0.2, 0) is 30.8 Å². The molecule has 1 aliphatic rings. The van der Waals surface area contributed by atoms with E-state index >= 15 is 0 Å². The van der Waals surface area contributed by atoms with Crippen molar-refractivity contribution in [1.82, 2.24) is 9.21 Å². The Kier molecular flexibility index (Phi) is 13.0. The second-order valence-corrected chi connectivity index (χ2v) is 15.4. The summed E-state index contributed by atoms with van der Waals surface area (Å²) >= 11 is 1.14. The van der Waals surface area contributed by atoms with Crippen LogP contribution in [0, 0.1) is 5.92 Å². The first-order valence-electron chi connectivity index (χ1n) is 16.0. The predicted molar refractivity (Wildman–Crippen MR) is 187 cm³/mol. The van der Waals surface area contributed by atoms with Crippen LogP contribution >= 0.6 is 11.3 Å². The number of aliphatic hydroxyl groups excluding tert-OH is 1. The van der Waals surface area contributed by atoms with Crippen LogP contribution in [0.2, 0.25) is 0 Å². The summed E-state index contributed by atoms with van der Waals surface area (Å²) in [7, 11) is -2.24. The van der Waals surface area contributed by atoms with Gasteiger partial charge in [0.25, 0.3) is 10.0 Å². The summed E-state index contributed by atoms with van der Waals surface area (Å²) in [6.07, 6.45) is 1.83. The number of anilines is 3. The molecule has 4 rings (SSSR count). The molecule has 48 heavy (non-hydrogen) atoms. The van der Waals surface area contributed by atoms with Crippen molar-refractivity contribution < 1.29 is 32.6 Å². The molecule has 2 heterocycles. The maximum absolute atomic E-state index is 13.5. The van der Waals surface area contributed by atoms with Gasteiger partial charge in [-0.15, -0.1) is 11.3 Å². The van der Waals surface area contributed by atoms with Crippen molar-refractivity contribution in [3.63, 3.8) is 0 Å². The van der Waals surface area contributed by atoms with Crippen LogP contribution in [-0.4, -0.2) is 79.3 Å². The number of rotatable bonds is 14. The molecule has 12 nitrogen and oxygen atoms in total. The number of sulfonamides is 1. The summed E-state index contributed by atoms with van der Waals surface area (Å²) in [5.41, 5.74) is 8.00. The largest absolute Gasteiger partial charge is 0.488 e. The molecule has 0 aliphatic carbocycles. The first-order chi connectivity index (χ1) is 22.9. The highest BCUT2D eigenvalue weighted by Gasteiger charge is 2.33. The zero-order valence-electron chi connectivity index (χ0n) is 27.6. The van der Waals surface area contributed by atoms with Gasteiger partial charge in [-0.2, -0.15) is 4.31 Å². The van der Waals surface area contributed by atoms with Gasteiger partial charge in [-0.05, 0) is 61.5 Å². The van der Waals surface area contributed by atoms with Crippen LogP contribution in [0.25, 0.3) is 0 Å². The van der Waals surface area contributed by atoms with Gasteiger partial charge in [0, 0.05) is 43.6 Å². The molecule has 3 aromatic rings. The summed E-state index contributed by atoms with van der Waals surface area (Å²) in [6.45, 7) is 3.72. The fraction of sp³-hybridized carbons (Fsp3) is 0.441. The second kappa shape index (κ2) is 16.9. The van der Waals surface area contributed by atoms with Gasteiger partial charge in [-0.1, -0.05) is 31.5 Å². The topological polar surface area (TPSA) is 171 Å². The Morgan fingerprint density at radius 3 is 2.46 bits per heavy atom. The molecule has 14 heteroatoms. The van der Waals surface area contributed by atoms with Crippen molar-refractivity contribution in [2.24, 2.45) is 5.92 Å². The highest BCUT2D eigenvalue weighted by Crippen LogP contribution is 2.30. The number of aliphatic hydroxyl groups is 1. The van der Waals surface area contributed by atoms with Gasteiger partial charge in [0.05, 0.1) is 37.0 Å². The van der Waals surface area contributed by atoms with E-state index in [2.05, 4.69) is 10.6 Å². The monoisotopic (exact) mass is 699 g/mol. The number of nitrogens with two attached hydrogens (primary N) is 1. The summed E-state index contributed by atoms with van der Waals surface area (Å²) in [5, 5.41) is 17.3. The van der Waals surface area contributed by atoms with E-state index in [1.54, 1.807) is 71.8 Å². The number of amides is 3. The maximum atomic E-state index is 13.5. The molecule has 1 aromatic heterocycles. The van der Waals surface area contributed by atoms with E-state index in [1.807, 2.05) is 6.92 Å². The molecule has 0 spiro atoms. The lowest BCUT2D eigenvalue weighted by Crippen LogP contribution is -2.48. The summed E-state index contributed by atoms with van der Waals surface area (Å²) in [5.74, 6) is -0.402. The fourth-order valence-corrected chi connectivity index (χ4v) is 7.82. The van der Waals surface area contributed by atoms with Crippen LogP contribution in [0.5, 0.6) is 5.75 Å².